The number of aliphatic hydroxyl groups excluding tert-OH is 4. The molecule has 3 aromatic carbocycles. The lowest BCUT2D eigenvalue weighted by Gasteiger charge is -2.51. The summed E-state index contributed by atoms with van der Waals surface area (Å²) in [6.07, 6.45) is -2.93. The van der Waals surface area contributed by atoms with E-state index in [1.54, 1.807) is 46.0 Å². The summed E-state index contributed by atoms with van der Waals surface area (Å²) in [5.41, 5.74) is 2.90. The van der Waals surface area contributed by atoms with E-state index in [-0.39, 0.29) is 110 Å². The zero-order valence-electron chi connectivity index (χ0n) is 51.0. The molecule has 2 saturated carbocycles. The lowest BCUT2D eigenvalue weighted by Crippen LogP contribution is -2.61. The Hall–Kier alpha value is -5.97. The number of hydrogen-bond acceptors (Lipinski definition) is 21. The van der Waals surface area contributed by atoms with Gasteiger partial charge in [-0.3, -0.25) is 14.6 Å². The summed E-state index contributed by atoms with van der Waals surface area (Å²) in [6.45, 7) is 17.1. The number of fused-ring (bicyclic) bond motifs is 6. The van der Waals surface area contributed by atoms with Gasteiger partial charge < -0.3 is 84.0 Å². The number of amides is 3. The number of epoxide rings is 1. The molecule has 89 heavy (non-hydrogen) atoms. The van der Waals surface area contributed by atoms with E-state index < -0.39 is 66.6 Å². The van der Waals surface area contributed by atoms with E-state index in [0.717, 1.165) is 44.3 Å². The van der Waals surface area contributed by atoms with Gasteiger partial charge in [-0.2, -0.15) is 0 Å². The van der Waals surface area contributed by atoms with Crippen LogP contribution in [0.5, 0.6) is 23.0 Å². The SMILES string of the molecule is C=c1c(C)c(O)c(=C)c(C(C)(C)CC(=O)N(C)CCN(CCOCCOCCC(=O)NCCCOc2ccc3c(c2)CCC2C3CCC3(C)C(OC4OC(C5OC5O)C(O)C(O)C4O)CCC23)C(=O)Oc2ccc3nc(C4=NC(C(=O)O)CS4)sc3c2)c1O. The van der Waals surface area contributed by atoms with E-state index in [9.17, 15) is 54.9 Å². The molecule has 0 bridgehead atoms. The van der Waals surface area contributed by atoms with Crippen molar-refractivity contribution in [2.24, 2.45) is 22.2 Å². The number of aromatic hydroxyl groups is 2. The number of phenols is 2. The third-order valence-electron chi connectivity index (χ3n) is 18.9. The second-order valence-electron chi connectivity index (χ2n) is 25.1. The van der Waals surface area contributed by atoms with Crippen molar-refractivity contribution in [2.45, 2.75) is 152 Å². The van der Waals surface area contributed by atoms with E-state index >= 15 is 0 Å². The van der Waals surface area contributed by atoms with Crippen molar-refractivity contribution in [2.75, 3.05) is 72.0 Å². The Morgan fingerprint density at radius 3 is 2.36 bits per heavy atom. The second kappa shape index (κ2) is 27.9. The molecule has 0 radical (unpaired) electrons. The molecule has 13 atom stereocenters. The van der Waals surface area contributed by atoms with E-state index in [4.69, 9.17) is 33.2 Å². The van der Waals surface area contributed by atoms with Gasteiger partial charge in [0, 0.05) is 84.9 Å². The predicted octanol–water partition coefficient (Wildman–Crippen LogP) is 4.18. The number of aliphatic imine (C=N–C) groups is 1. The number of benzene rings is 3. The molecule has 4 aromatic rings. The van der Waals surface area contributed by atoms with Crippen molar-refractivity contribution in [1.29, 1.82) is 0 Å². The van der Waals surface area contributed by atoms with Gasteiger partial charge in [-0.25, -0.2) is 14.6 Å². The molecule has 23 nitrogen and oxygen atoms in total. The Balaban J connectivity index is 0.637. The molecule has 3 amide bonds. The third-order valence-corrected chi connectivity index (χ3v) is 21.1. The van der Waals surface area contributed by atoms with Crippen LogP contribution in [0.2, 0.25) is 0 Å². The summed E-state index contributed by atoms with van der Waals surface area (Å²) < 4.78 is 41.8. The van der Waals surface area contributed by atoms with E-state index in [2.05, 4.69) is 47.5 Å². The van der Waals surface area contributed by atoms with E-state index in [1.165, 1.54) is 44.0 Å². The fourth-order valence-electron chi connectivity index (χ4n) is 13.7. The number of likely N-dealkylation sites (N-methyl/N-ethyl adjacent to an activating group) is 1. The highest BCUT2D eigenvalue weighted by Crippen LogP contribution is 2.62. The predicted molar refractivity (Wildman–Crippen MR) is 331 cm³/mol. The molecule has 10 rings (SSSR count). The highest BCUT2D eigenvalue weighted by Gasteiger charge is 2.59. The molecule has 13 unspecified atom stereocenters. The molecular weight excluding hydrogens is 1190 g/mol. The van der Waals surface area contributed by atoms with Crippen molar-refractivity contribution in [1.82, 2.24) is 20.1 Å². The zero-order valence-corrected chi connectivity index (χ0v) is 52.6. The Morgan fingerprint density at radius 1 is 0.865 bits per heavy atom. The first-order chi connectivity index (χ1) is 42.4. The maximum atomic E-state index is 13.9. The van der Waals surface area contributed by atoms with Gasteiger partial charge in [0.05, 0.1) is 49.4 Å². The Bertz CT molecular complexity index is 3400. The standard InChI is InChI=1S/C64H83N5O18S2/c1-33-34(2)51(73)49(35(3)50(33)72)63(4,5)31-48(71)68(7)21-22-69(62(80)84-38-11-15-43-45(30-38)89-58(66-43)57-67-44(32-88-57)59(77)78)23-26-82-28-27-81-25-18-47(70)65-20-8-24-83-37-10-13-39-36(29-37)9-12-41-40(39)17-19-64(6)42(41)14-16-46(64)85-61-54(76)52(74)53(75)55(87-61)56-60(79)86-56/h10-11,13,15,29-30,40-42,44,46,52-56,60-61,72-76,79H,2-3,8-9,12,14,16-28,31-32H2,1,4-7H3,(H,65,70)(H,77,78). The third kappa shape index (κ3) is 14.5. The molecule has 0 spiro atoms. The maximum absolute atomic E-state index is 13.9. The quantitative estimate of drug-likeness (QED) is 0.0248. The van der Waals surface area contributed by atoms with E-state index in [0.29, 0.717) is 74.5 Å². The lowest BCUT2D eigenvalue weighted by atomic mass is 9.55. The molecule has 1 aromatic heterocycles. The number of hydrogen-bond donors (Lipinski definition) is 8. The van der Waals surface area contributed by atoms with Crippen LogP contribution >= 0.6 is 23.1 Å². The normalized spacial score (nSPS) is 27.9. The molecule has 3 aliphatic carbocycles. The van der Waals surface area contributed by atoms with Gasteiger partial charge >= 0.3 is 12.1 Å². The smallest absolute Gasteiger partial charge is 0.415 e. The number of ether oxygens (including phenoxy) is 7. The van der Waals surface area contributed by atoms with Crippen molar-refractivity contribution in [3.63, 3.8) is 0 Å². The van der Waals surface area contributed by atoms with Crippen LogP contribution in [0.15, 0.2) is 41.4 Å². The van der Waals surface area contributed by atoms with Crippen molar-refractivity contribution in [3.8, 4) is 23.0 Å². The number of rotatable bonds is 26. The number of aromatic nitrogens is 1. The average molecular weight is 1270 g/mol. The van der Waals surface area contributed by atoms with Crippen LogP contribution in [-0.4, -0.2) is 207 Å². The summed E-state index contributed by atoms with van der Waals surface area (Å²) in [5.74, 6) is 0.959. The van der Waals surface area contributed by atoms with Gasteiger partial charge in [0.2, 0.25) is 11.8 Å². The first-order valence-corrected chi connectivity index (χ1v) is 32.4. The van der Waals surface area contributed by atoms with Crippen LogP contribution in [0.1, 0.15) is 105 Å². The highest BCUT2D eigenvalue weighted by atomic mass is 32.2. The molecule has 2 saturated heterocycles. The fourth-order valence-corrected chi connectivity index (χ4v) is 15.8. The number of aliphatic hydroxyl groups is 4. The fraction of sp³-hybridized carbons (Fsp3) is 0.594. The molecule has 4 heterocycles. The van der Waals surface area contributed by atoms with Crippen molar-refractivity contribution in [3.05, 3.63) is 74.1 Å². The molecule has 25 heteroatoms. The first kappa shape index (κ1) is 66.0. The van der Waals surface area contributed by atoms with E-state index in [1.807, 2.05) is 6.07 Å². The Labute approximate surface area is 524 Å². The minimum Gasteiger partial charge on any atom is -0.507 e. The van der Waals surface area contributed by atoms with Gasteiger partial charge in [-0.05, 0) is 110 Å². The number of carboxylic acid groups (broad SMARTS) is 1. The first-order valence-electron chi connectivity index (χ1n) is 30.6. The van der Waals surface area contributed by atoms with Gasteiger partial charge in [-0.15, -0.1) is 23.1 Å². The number of carboxylic acids is 1. The van der Waals surface area contributed by atoms with Crippen molar-refractivity contribution < 1.29 is 88.1 Å². The summed E-state index contributed by atoms with van der Waals surface area (Å²) in [4.78, 5) is 63.6. The minimum absolute atomic E-state index is 0.0605. The largest absolute Gasteiger partial charge is 0.507 e. The number of thioether (sulfide) groups is 1. The van der Waals surface area contributed by atoms with Crippen LogP contribution in [0.4, 0.5) is 4.79 Å². The average Bonchev–Trinajstić information content (AvgIpc) is 1.71. The number of aliphatic carboxylic acids is 1. The molecule has 484 valence electrons. The molecule has 8 N–H and O–H groups in total. The van der Waals surface area contributed by atoms with Gasteiger partial charge in [-0.1, -0.05) is 40.0 Å². The van der Waals surface area contributed by atoms with Crippen molar-refractivity contribution >= 4 is 75.4 Å². The molecule has 6 aliphatic rings. The summed E-state index contributed by atoms with van der Waals surface area (Å²) >= 11 is 2.63. The molecule has 4 fully saturated rings. The van der Waals surface area contributed by atoms with Crippen LogP contribution < -0.4 is 25.2 Å². The Kier molecular flexibility index (Phi) is 20.7. The topological polar surface area (TPSA) is 322 Å². The van der Waals surface area contributed by atoms with Gasteiger partial charge in [0.1, 0.15) is 63.6 Å². The monoisotopic (exact) mass is 1270 g/mol. The second-order valence-corrected chi connectivity index (χ2v) is 27.2. The molecular formula is C64H83N5O18S2. The summed E-state index contributed by atoms with van der Waals surface area (Å²) in [7, 11) is 1.61. The lowest BCUT2D eigenvalue weighted by molar-refractivity contribution is -0.318. The van der Waals surface area contributed by atoms with Crippen LogP contribution in [0.3, 0.4) is 0 Å². The summed E-state index contributed by atoms with van der Waals surface area (Å²) in [6, 6.07) is 10.6. The van der Waals surface area contributed by atoms with Gasteiger partial charge in [0.25, 0.3) is 0 Å². The maximum Gasteiger partial charge on any atom is 0.415 e. The van der Waals surface area contributed by atoms with Crippen LogP contribution in [0.25, 0.3) is 23.4 Å². The Morgan fingerprint density at radius 2 is 1.62 bits per heavy atom. The zero-order chi connectivity index (χ0) is 63.6. The van der Waals surface area contributed by atoms with Crippen LogP contribution in [-0.2, 0) is 49.9 Å². The van der Waals surface area contributed by atoms with Gasteiger partial charge in [0.15, 0.2) is 18.6 Å². The number of carbonyl (C=O) groups is 4. The number of carbonyl (C=O) groups excluding carboxylic acids is 3. The van der Waals surface area contributed by atoms with Crippen LogP contribution in [0, 0.1) is 24.2 Å². The minimum atomic E-state index is -1.49. The number of nitrogens with one attached hydrogen (secondary N) is 1. The molecule has 3 aliphatic heterocycles. The summed E-state index contributed by atoms with van der Waals surface area (Å²) in [5, 5.41) is 77.5. The highest BCUT2D eigenvalue weighted by molar-refractivity contribution is 8.15. The number of thiazole rings is 1. The number of aryl methyl sites for hydroxylation is 1. The number of nitrogens with zero attached hydrogens (tertiary/aromatic N) is 4. The number of phenolic OH excluding ortho intramolecular Hbond substituents is 2.